The van der Waals surface area contributed by atoms with Crippen molar-refractivity contribution in [3.05, 3.63) is 29.8 Å². The number of aryl methyl sites for hydroxylation is 1. The van der Waals surface area contributed by atoms with Crippen LogP contribution in [0.4, 0.5) is 0 Å². The normalized spacial score (nSPS) is 13.3. The maximum Gasteiger partial charge on any atom is 0.150 e. The van der Waals surface area contributed by atoms with Gasteiger partial charge < -0.3 is 10.5 Å². The lowest BCUT2D eigenvalue weighted by molar-refractivity contribution is 0.341. The van der Waals surface area contributed by atoms with Crippen LogP contribution in [-0.2, 0) is 16.3 Å². The monoisotopic (exact) mass is 271 g/mol. The Bertz CT molecular complexity index is 452. The summed E-state index contributed by atoms with van der Waals surface area (Å²) in [7, 11) is -2.96. The van der Waals surface area contributed by atoms with Gasteiger partial charge in [-0.25, -0.2) is 8.42 Å². The van der Waals surface area contributed by atoms with Gasteiger partial charge in [0.15, 0.2) is 9.84 Å². The Labute approximate surface area is 109 Å². The number of hydrogen-bond acceptors (Lipinski definition) is 4. The molecule has 1 unspecified atom stereocenters. The van der Waals surface area contributed by atoms with Gasteiger partial charge in [-0.05, 0) is 37.5 Å². The fraction of sp³-hybridized carbons (Fsp3) is 0.538. The van der Waals surface area contributed by atoms with Gasteiger partial charge in [0.1, 0.15) is 12.4 Å². The molecule has 1 rings (SSSR count). The third-order valence-electron chi connectivity index (χ3n) is 2.53. The summed E-state index contributed by atoms with van der Waals surface area (Å²) in [6.45, 7) is 2.18. The summed E-state index contributed by atoms with van der Waals surface area (Å²) in [4.78, 5) is 0. The number of ether oxygens (including phenoxy) is 1. The molecule has 0 spiro atoms. The van der Waals surface area contributed by atoms with Crippen LogP contribution in [0.3, 0.4) is 0 Å². The van der Waals surface area contributed by atoms with Crippen molar-refractivity contribution in [2.45, 2.75) is 25.8 Å². The maximum absolute atomic E-state index is 10.9. The van der Waals surface area contributed by atoms with Gasteiger partial charge in [-0.2, -0.15) is 0 Å². The van der Waals surface area contributed by atoms with Crippen LogP contribution >= 0.6 is 0 Å². The van der Waals surface area contributed by atoms with Crippen molar-refractivity contribution in [1.82, 2.24) is 0 Å². The highest BCUT2D eigenvalue weighted by Gasteiger charge is 2.03. The lowest BCUT2D eigenvalue weighted by Gasteiger charge is -2.07. The van der Waals surface area contributed by atoms with Crippen molar-refractivity contribution in [2.75, 3.05) is 18.6 Å². The topological polar surface area (TPSA) is 69.4 Å². The van der Waals surface area contributed by atoms with Gasteiger partial charge >= 0.3 is 0 Å². The number of rotatable bonds is 7. The van der Waals surface area contributed by atoms with E-state index in [0.29, 0.717) is 5.75 Å². The van der Waals surface area contributed by atoms with Gasteiger partial charge in [-0.1, -0.05) is 12.1 Å². The Morgan fingerprint density at radius 3 is 2.39 bits per heavy atom. The molecule has 0 aliphatic rings. The molecular weight excluding hydrogens is 250 g/mol. The molecule has 0 bridgehead atoms. The molecule has 102 valence electrons. The fourth-order valence-electron chi connectivity index (χ4n) is 1.46. The van der Waals surface area contributed by atoms with Crippen LogP contribution in [-0.4, -0.2) is 33.1 Å². The number of nitrogens with two attached hydrogens (primary N) is 1. The highest BCUT2D eigenvalue weighted by atomic mass is 32.2. The summed E-state index contributed by atoms with van der Waals surface area (Å²) in [5, 5.41) is 0. The van der Waals surface area contributed by atoms with Gasteiger partial charge in [0.05, 0.1) is 5.75 Å². The molecule has 0 fully saturated rings. The smallest absolute Gasteiger partial charge is 0.150 e. The average Bonchev–Trinajstić information content (AvgIpc) is 2.26. The van der Waals surface area contributed by atoms with Crippen LogP contribution in [0.15, 0.2) is 24.3 Å². The second kappa shape index (κ2) is 6.75. The Balaban J connectivity index is 2.40. The lowest BCUT2D eigenvalue weighted by Crippen LogP contribution is -2.15. The Kier molecular flexibility index (Phi) is 5.62. The van der Waals surface area contributed by atoms with Crippen LogP contribution in [0.2, 0.25) is 0 Å². The van der Waals surface area contributed by atoms with E-state index in [-0.39, 0.29) is 18.4 Å². The van der Waals surface area contributed by atoms with Crippen LogP contribution in [0, 0.1) is 0 Å². The zero-order valence-electron chi connectivity index (χ0n) is 10.9. The summed E-state index contributed by atoms with van der Waals surface area (Å²) < 4.78 is 27.2. The van der Waals surface area contributed by atoms with Crippen molar-refractivity contribution in [3.8, 4) is 5.75 Å². The summed E-state index contributed by atoms with van der Waals surface area (Å²) >= 11 is 0. The van der Waals surface area contributed by atoms with Gasteiger partial charge in [0.25, 0.3) is 0 Å². The zero-order valence-corrected chi connectivity index (χ0v) is 11.7. The largest absolute Gasteiger partial charge is 0.493 e. The molecule has 0 heterocycles. The van der Waals surface area contributed by atoms with E-state index in [1.807, 2.05) is 31.2 Å². The molecule has 0 aliphatic heterocycles. The van der Waals surface area contributed by atoms with Crippen LogP contribution in [0.1, 0.15) is 18.9 Å². The number of hydrogen-bond donors (Lipinski definition) is 1. The second-order valence-electron chi connectivity index (χ2n) is 4.64. The fourth-order valence-corrected chi connectivity index (χ4v) is 1.84. The van der Waals surface area contributed by atoms with Crippen molar-refractivity contribution in [2.24, 2.45) is 5.73 Å². The molecule has 1 aromatic rings. The summed E-state index contributed by atoms with van der Waals surface area (Å²) in [6.07, 6.45) is 3.10. The highest BCUT2D eigenvalue weighted by molar-refractivity contribution is 7.90. The van der Waals surface area contributed by atoms with Crippen molar-refractivity contribution < 1.29 is 13.2 Å². The van der Waals surface area contributed by atoms with Crippen molar-refractivity contribution >= 4 is 9.84 Å². The van der Waals surface area contributed by atoms with Crippen LogP contribution in [0.5, 0.6) is 5.75 Å². The molecule has 0 aliphatic carbocycles. The maximum atomic E-state index is 10.9. The van der Waals surface area contributed by atoms with E-state index in [0.717, 1.165) is 12.8 Å². The lowest BCUT2D eigenvalue weighted by atomic mass is 10.1. The molecule has 0 amide bonds. The van der Waals surface area contributed by atoms with Gasteiger partial charge in [-0.3, -0.25) is 0 Å². The van der Waals surface area contributed by atoms with E-state index >= 15 is 0 Å². The first-order chi connectivity index (χ1) is 8.37. The van der Waals surface area contributed by atoms with Crippen molar-refractivity contribution in [3.63, 3.8) is 0 Å². The minimum absolute atomic E-state index is 0.0411. The molecule has 5 heteroatoms. The molecule has 18 heavy (non-hydrogen) atoms. The first-order valence-electron chi connectivity index (χ1n) is 6.02. The van der Waals surface area contributed by atoms with Gasteiger partial charge in [0, 0.05) is 12.3 Å². The Morgan fingerprint density at radius 2 is 1.89 bits per heavy atom. The van der Waals surface area contributed by atoms with E-state index in [1.54, 1.807) is 0 Å². The molecule has 2 N–H and O–H groups in total. The highest BCUT2D eigenvalue weighted by Crippen LogP contribution is 2.13. The molecule has 0 saturated heterocycles. The molecule has 4 nitrogen and oxygen atoms in total. The van der Waals surface area contributed by atoms with Gasteiger partial charge in [-0.15, -0.1) is 0 Å². The molecular formula is C13H21NO3S. The Morgan fingerprint density at radius 1 is 1.28 bits per heavy atom. The third kappa shape index (κ3) is 6.61. The summed E-state index contributed by atoms with van der Waals surface area (Å²) in [5.74, 6) is 0.739. The Hall–Kier alpha value is -1.07. The molecule has 1 aromatic carbocycles. The molecule has 1 atom stereocenters. The van der Waals surface area contributed by atoms with Gasteiger partial charge in [0.2, 0.25) is 0 Å². The van der Waals surface area contributed by atoms with E-state index in [1.165, 1.54) is 11.8 Å². The number of benzene rings is 1. The predicted octanol–water partition coefficient (Wildman–Crippen LogP) is 1.39. The van der Waals surface area contributed by atoms with E-state index in [9.17, 15) is 8.42 Å². The molecule has 0 saturated carbocycles. The van der Waals surface area contributed by atoms with Crippen LogP contribution in [0.25, 0.3) is 0 Å². The van der Waals surface area contributed by atoms with Crippen molar-refractivity contribution in [1.29, 1.82) is 0 Å². The minimum Gasteiger partial charge on any atom is -0.493 e. The molecule has 0 aromatic heterocycles. The first-order valence-corrected chi connectivity index (χ1v) is 8.08. The standard InChI is InChI=1S/C13H21NO3S/c1-11(14)3-4-12-5-7-13(8-6-12)17-9-10-18(2,15)16/h5-8,11H,3-4,9-10,14H2,1-2H3. The van der Waals surface area contributed by atoms with E-state index in [2.05, 4.69) is 0 Å². The SMILES string of the molecule is CC(N)CCc1ccc(OCCS(C)(=O)=O)cc1. The predicted molar refractivity (Wildman–Crippen MR) is 73.6 cm³/mol. The number of sulfone groups is 1. The van der Waals surface area contributed by atoms with Crippen LogP contribution < -0.4 is 10.5 Å². The van der Waals surface area contributed by atoms with E-state index in [4.69, 9.17) is 10.5 Å². The summed E-state index contributed by atoms with van der Waals surface area (Å²) in [5.41, 5.74) is 6.91. The average molecular weight is 271 g/mol. The van der Waals surface area contributed by atoms with E-state index < -0.39 is 9.84 Å². The first kappa shape index (κ1) is 15.0. The second-order valence-corrected chi connectivity index (χ2v) is 6.90. The minimum atomic E-state index is -2.96. The zero-order chi connectivity index (χ0) is 13.6. The molecule has 0 radical (unpaired) electrons. The quantitative estimate of drug-likeness (QED) is 0.813. The third-order valence-corrected chi connectivity index (χ3v) is 3.44. The summed E-state index contributed by atoms with van der Waals surface area (Å²) in [6, 6.07) is 7.89.